The van der Waals surface area contributed by atoms with Crippen molar-refractivity contribution in [3.63, 3.8) is 0 Å². The second kappa shape index (κ2) is 7.61. The Morgan fingerprint density at radius 1 is 1.35 bits per heavy atom. The molecule has 1 saturated heterocycles. The SMILES string of the molecule is CNC(=O)c1cc([N+](=O)[O-])ccc1N1CCC(Oc2cccc(Cl)c2)C1. The highest BCUT2D eigenvalue weighted by Crippen LogP contribution is 2.30. The average Bonchev–Trinajstić information content (AvgIpc) is 3.08. The molecule has 1 aliphatic heterocycles. The van der Waals surface area contributed by atoms with Crippen LogP contribution in [0.1, 0.15) is 16.8 Å². The number of nitrogens with zero attached hydrogens (tertiary/aromatic N) is 2. The third-order valence-corrected chi connectivity index (χ3v) is 4.48. The van der Waals surface area contributed by atoms with Gasteiger partial charge in [-0.3, -0.25) is 14.9 Å². The number of benzene rings is 2. The maximum atomic E-state index is 12.2. The minimum absolute atomic E-state index is 0.0544. The van der Waals surface area contributed by atoms with E-state index in [0.29, 0.717) is 29.5 Å². The van der Waals surface area contributed by atoms with Gasteiger partial charge < -0.3 is 15.0 Å². The first-order valence-electron chi connectivity index (χ1n) is 8.15. The van der Waals surface area contributed by atoms with Crippen molar-refractivity contribution < 1.29 is 14.5 Å². The molecule has 1 amide bonds. The topological polar surface area (TPSA) is 84.7 Å². The number of rotatable bonds is 5. The van der Waals surface area contributed by atoms with E-state index in [1.807, 2.05) is 17.0 Å². The van der Waals surface area contributed by atoms with E-state index in [4.69, 9.17) is 16.3 Å². The molecular weight excluding hydrogens is 358 g/mol. The van der Waals surface area contributed by atoms with Gasteiger partial charge in [-0.05, 0) is 24.3 Å². The van der Waals surface area contributed by atoms with Crippen LogP contribution in [-0.2, 0) is 0 Å². The lowest BCUT2D eigenvalue weighted by atomic mass is 10.1. The van der Waals surface area contributed by atoms with E-state index in [1.54, 1.807) is 18.2 Å². The van der Waals surface area contributed by atoms with Gasteiger partial charge in [0.1, 0.15) is 11.9 Å². The lowest BCUT2D eigenvalue weighted by Gasteiger charge is -2.21. The van der Waals surface area contributed by atoms with Crippen LogP contribution in [0.3, 0.4) is 0 Å². The molecule has 0 saturated carbocycles. The third kappa shape index (κ3) is 3.88. The quantitative estimate of drug-likeness (QED) is 0.640. The Bertz CT molecular complexity index is 843. The van der Waals surface area contributed by atoms with Crippen molar-refractivity contribution in [2.75, 3.05) is 25.0 Å². The first-order chi connectivity index (χ1) is 12.5. The maximum Gasteiger partial charge on any atom is 0.270 e. The number of nitrogens with one attached hydrogen (secondary N) is 1. The van der Waals surface area contributed by atoms with Crippen molar-refractivity contribution in [3.8, 4) is 5.75 Å². The molecule has 1 fully saturated rings. The molecule has 2 aromatic rings. The van der Waals surface area contributed by atoms with E-state index in [9.17, 15) is 14.9 Å². The fourth-order valence-electron chi connectivity index (χ4n) is 3.01. The molecular formula is C18H18ClN3O4. The highest BCUT2D eigenvalue weighted by Gasteiger charge is 2.28. The molecule has 3 rings (SSSR count). The molecule has 26 heavy (non-hydrogen) atoms. The smallest absolute Gasteiger partial charge is 0.270 e. The minimum atomic E-state index is -0.509. The first-order valence-corrected chi connectivity index (χ1v) is 8.53. The fraction of sp³-hybridized carbons (Fsp3) is 0.278. The third-order valence-electron chi connectivity index (χ3n) is 4.25. The summed E-state index contributed by atoms with van der Waals surface area (Å²) in [5, 5.41) is 14.1. The Morgan fingerprint density at radius 2 is 2.15 bits per heavy atom. The molecule has 1 N–H and O–H groups in total. The summed E-state index contributed by atoms with van der Waals surface area (Å²) in [6.45, 7) is 1.27. The lowest BCUT2D eigenvalue weighted by molar-refractivity contribution is -0.384. The highest BCUT2D eigenvalue weighted by atomic mass is 35.5. The largest absolute Gasteiger partial charge is 0.488 e. The Kier molecular flexibility index (Phi) is 5.27. The van der Waals surface area contributed by atoms with E-state index in [2.05, 4.69) is 5.32 Å². The van der Waals surface area contributed by atoms with Crippen molar-refractivity contribution in [1.82, 2.24) is 5.32 Å². The lowest BCUT2D eigenvalue weighted by Crippen LogP contribution is -2.28. The molecule has 1 aliphatic rings. The number of hydrogen-bond donors (Lipinski definition) is 1. The minimum Gasteiger partial charge on any atom is -0.488 e. The molecule has 7 nitrogen and oxygen atoms in total. The summed E-state index contributed by atoms with van der Waals surface area (Å²) >= 11 is 5.98. The van der Waals surface area contributed by atoms with Gasteiger partial charge in [-0.15, -0.1) is 0 Å². The van der Waals surface area contributed by atoms with E-state index < -0.39 is 4.92 Å². The van der Waals surface area contributed by atoms with Crippen molar-refractivity contribution >= 4 is 28.9 Å². The van der Waals surface area contributed by atoms with Gasteiger partial charge in [0.05, 0.1) is 22.7 Å². The molecule has 0 aromatic heterocycles. The van der Waals surface area contributed by atoms with Crippen LogP contribution in [0.5, 0.6) is 5.75 Å². The summed E-state index contributed by atoms with van der Waals surface area (Å²) in [5.41, 5.74) is 0.829. The van der Waals surface area contributed by atoms with Gasteiger partial charge in [0.25, 0.3) is 11.6 Å². The molecule has 1 unspecified atom stereocenters. The number of ether oxygens (including phenoxy) is 1. The summed E-state index contributed by atoms with van der Waals surface area (Å²) in [5.74, 6) is 0.336. The summed E-state index contributed by atoms with van der Waals surface area (Å²) < 4.78 is 5.96. The summed E-state index contributed by atoms with van der Waals surface area (Å²) in [4.78, 5) is 24.7. The number of anilines is 1. The number of amides is 1. The van der Waals surface area contributed by atoms with Gasteiger partial charge in [-0.2, -0.15) is 0 Å². The van der Waals surface area contributed by atoms with Crippen LogP contribution in [0.15, 0.2) is 42.5 Å². The Hall–Kier alpha value is -2.80. The maximum absolute atomic E-state index is 12.2. The molecule has 8 heteroatoms. The molecule has 1 heterocycles. The van der Waals surface area contributed by atoms with Crippen LogP contribution < -0.4 is 15.0 Å². The van der Waals surface area contributed by atoms with Crippen LogP contribution in [-0.4, -0.2) is 37.1 Å². The molecule has 1 atom stereocenters. The standard InChI is InChI=1S/C18H18ClN3O4/c1-20-18(23)16-10-13(22(24)25)5-6-17(16)21-8-7-15(11-21)26-14-4-2-3-12(19)9-14/h2-6,9-10,15H,7-8,11H2,1H3,(H,20,23). The number of non-ortho nitro benzene ring substituents is 1. The number of nitro benzene ring substituents is 1. The van der Waals surface area contributed by atoms with E-state index in [-0.39, 0.29) is 23.3 Å². The summed E-state index contributed by atoms with van der Waals surface area (Å²) in [6.07, 6.45) is 0.720. The van der Waals surface area contributed by atoms with Crippen molar-refractivity contribution in [2.45, 2.75) is 12.5 Å². The van der Waals surface area contributed by atoms with Crippen molar-refractivity contribution in [2.24, 2.45) is 0 Å². The van der Waals surface area contributed by atoms with Gasteiger partial charge in [0.15, 0.2) is 0 Å². The normalized spacial score (nSPS) is 16.4. The molecule has 0 aliphatic carbocycles. The fourth-order valence-corrected chi connectivity index (χ4v) is 3.19. The van der Waals surface area contributed by atoms with E-state index in [0.717, 1.165) is 6.42 Å². The summed E-state index contributed by atoms with van der Waals surface area (Å²) in [7, 11) is 1.50. The monoisotopic (exact) mass is 375 g/mol. The van der Waals surface area contributed by atoms with Gasteiger partial charge in [-0.25, -0.2) is 0 Å². The molecule has 0 bridgehead atoms. The molecule has 2 aromatic carbocycles. The number of halogens is 1. The molecule has 0 spiro atoms. The van der Waals surface area contributed by atoms with E-state index in [1.165, 1.54) is 19.2 Å². The van der Waals surface area contributed by atoms with Crippen LogP contribution >= 0.6 is 11.6 Å². The Labute approximate surface area is 155 Å². The molecule has 0 radical (unpaired) electrons. The van der Waals surface area contributed by atoms with Gasteiger partial charge in [0.2, 0.25) is 0 Å². The number of carbonyl (C=O) groups is 1. The van der Waals surface area contributed by atoms with Crippen LogP contribution in [0.25, 0.3) is 0 Å². The van der Waals surface area contributed by atoms with Crippen molar-refractivity contribution in [1.29, 1.82) is 0 Å². The van der Waals surface area contributed by atoms with Crippen molar-refractivity contribution in [3.05, 3.63) is 63.2 Å². The zero-order chi connectivity index (χ0) is 18.7. The van der Waals surface area contributed by atoms with Gasteiger partial charge >= 0.3 is 0 Å². The zero-order valence-electron chi connectivity index (χ0n) is 14.1. The van der Waals surface area contributed by atoms with Crippen LogP contribution in [0, 0.1) is 10.1 Å². The number of hydrogen-bond acceptors (Lipinski definition) is 5. The average molecular weight is 376 g/mol. The van der Waals surface area contributed by atoms with Crippen LogP contribution in [0.4, 0.5) is 11.4 Å². The summed E-state index contributed by atoms with van der Waals surface area (Å²) in [6, 6.07) is 11.5. The van der Waals surface area contributed by atoms with Gasteiger partial charge in [-0.1, -0.05) is 17.7 Å². The van der Waals surface area contributed by atoms with E-state index >= 15 is 0 Å². The Balaban J connectivity index is 1.79. The zero-order valence-corrected chi connectivity index (χ0v) is 14.9. The van der Waals surface area contributed by atoms with Crippen LogP contribution in [0.2, 0.25) is 5.02 Å². The predicted molar refractivity (Wildman–Crippen MR) is 99.2 cm³/mol. The number of nitro groups is 1. The second-order valence-corrected chi connectivity index (χ2v) is 6.41. The number of carbonyl (C=O) groups excluding carboxylic acids is 1. The predicted octanol–water partition coefficient (Wildman–Crippen LogP) is 3.27. The highest BCUT2D eigenvalue weighted by molar-refractivity contribution is 6.30. The second-order valence-electron chi connectivity index (χ2n) is 5.97. The van der Waals surface area contributed by atoms with Gasteiger partial charge in [0, 0.05) is 37.2 Å². The first kappa shape index (κ1) is 18.0. The Morgan fingerprint density at radius 3 is 2.85 bits per heavy atom. The molecule has 136 valence electrons.